The lowest BCUT2D eigenvalue weighted by Gasteiger charge is -2.00. The Morgan fingerprint density at radius 3 is 2.85 bits per heavy atom. The van der Waals surface area contributed by atoms with Crippen LogP contribution in [-0.4, -0.2) is 15.8 Å². The summed E-state index contributed by atoms with van der Waals surface area (Å²) >= 11 is 0. The summed E-state index contributed by atoms with van der Waals surface area (Å²) in [7, 11) is 0. The summed E-state index contributed by atoms with van der Waals surface area (Å²) in [4.78, 5) is 25.7. The van der Waals surface area contributed by atoms with Gasteiger partial charge in [0.25, 0.3) is 5.69 Å². The number of carbonyl (C=O) groups is 1. The number of hydrogen-bond donors (Lipinski definition) is 1. The third kappa shape index (κ3) is 3.74. The molecule has 2 aromatic rings. The van der Waals surface area contributed by atoms with Gasteiger partial charge in [0.1, 0.15) is 0 Å². The van der Waals surface area contributed by atoms with Gasteiger partial charge in [-0.15, -0.1) is 0 Å². The normalized spacial score (nSPS) is 10.4. The van der Waals surface area contributed by atoms with Gasteiger partial charge in [0.2, 0.25) is 5.91 Å². The Balaban J connectivity index is 2.04. The van der Waals surface area contributed by atoms with Crippen molar-refractivity contribution in [3.8, 4) is 0 Å². The number of non-ortho nitro benzene ring substituents is 1. The molecule has 0 bridgehead atoms. The van der Waals surface area contributed by atoms with Crippen LogP contribution in [0.4, 0.5) is 11.4 Å². The maximum atomic E-state index is 11.6. The number of hydrogen-bond acceptors (Lipinski definition) is 4. The Morgan fingerprint density at radius 2 is 2.15 bits per heavy atom. The van der Waals surface area contributed by atoms with Crippen LogP contribution in [0.2, 0.25) is 0 Å². The summed E-state index contributed by atoms with van der Waals surface area (Å²) in [6.45, 7) is 0. The number of amides is 1. The molecule has 1 heterocycles. The zero-order valence-corrected chi connectivity index (χ0v) is 10.4. The lowest BCUT2D eigenvalue weighted by Crippen LogP contribution is -2.07. The van der Waals surface area contributed by atoms with Crippen LogP contribution < -0.4 is 5.32 Å². The molecule has 1 aromatic carbocycles. The summed E-state index contributed by atoms with van der Waals surface area (Å²) in [5, 5.41) is 13.3. The minimum absolute atomic E-state index is 0.0141. The molecule has 1 aromatic heterocycles. The molecule has 0 saturated carbocycles. The number of nitrogens with zero attached hydrogens (tertiary/aromatic N) is 2. The number of nitrogens with one attached hydrogen (secondary N) is 1. The molecule has 1 amide bonds. The van der Waals surface area contributed by atoms with E-state index >= 15 is 0 Å². The minimum Gasteiger partial charge on any atom is -0.321 e. The van der Waals surface area contributed by atoms with Gasteiger partial charge in [0.05, 0.1) is 16.8 Å². The highest BCUT2D eigenvalue weighted by molar-refractivity contribution is 6.01. The average molecular weight is 269 g/mol. The molecule has 6 nitrogen and oxygen atoms in total. The first-order valence-corrected chi connectivity index (χ1v) is 5.79. The fourth-order valence-corrected chi connectivity index (χ4v) is 1.53. The Kier molecular flexibility index (Phi) is 4.18. The maximum absolute atomic E-state index is 11.6. The van der Waals surface area contributed by atoms with E-state index in [1.165, 1.54) is 30.5 Å². The third-order valence-corrected chi connectivity index (χ3v) is 2.44. The van der Waals surface area contributed by atoms with Gasteiger partial charge in [0, 0.05) is 24.4 Å². The fraction of sp³-hybridized carbons (Fsp3) is 0. The molecule has 1 N–H and O–H groups in total. The highest BCUT2D eigenvalue weighted by atomic mass is 16.6. The number of rotatable bonds is 4. The van der Waals surface area contributed by atoms with Crippen molar-refractivity contribution >= 4 is 23.4 Å². The van der Waals surface area contributed by atoms with E-state index in [9.17, 15) is 14.9 Å². The standard InChI is InChI=1S/C14H11N3O3/c18-14(16-12-4-2-8-15-10-12)7-6-11-3-1-5-13(9-11)17(19)20/h1-10H,(H,16,18)/b7-6-. The van der Waals surface area contributed by atoms with Crippen molar-refractivity contribution in [1.29, 1.82) is 0 Å². The number of nitro benzene ring substituents is 1. The fourth-order valence-electron chi connectivity index (χ4n) is 1.53. The van der Waals surface area contributed by atoms with Gasteiger partial charge in [0.15, 0.2) is 0 Å². The second kappa shape index (κ2) is 6.24. The van der Waals surface area contributed by atoms with Crippen LogP contribution in [0.1, 0.15) is 5.56 Å². The summed E-state index contributed by atoms with van der Waals surface area (Å²) in [5.41, 5.74) is 1.15. The number of pyridine rings is 1. The van der Waals surface area contributed by atoms with Crippen LogP contribution in [0, 0.1) is 10.1 Å². The van der Waals surface area contributed by atoms with Gasteiger partial charge in [-0.1, -0.05) is 12.1 Å². The average Bonchev–Trinajstić information content (AvgIpc) is 2.46. The maximum Gasteiger partial charge on any atom is 0.270 e. The first-order valence-electron chi connectivity index (χ1n) is 5.79. The topological polar surface area (TPSA) is 85.1 Å². The van der Waals surface area contributed by atoms with Crippen LogP contribution in [-0.2, 0) is 4.79 Å². The van der Waals surface area contributed by atoms with Crippen molar-refractivity contribution in [1.82, 2.24) is 4.98 Å². The smallest absolute Gasteiger partial charge is 0.270 e. The predicted molar refractivity (Wildman–Crippen MR) is 75.0 cm³/mol. The van der Waals surface area contributed by atoms with E-state index in [1.54, 1.807) is 30.5 Å². The first-order chi connectivity index (χ1) is 9.65. The molecule has 0 saturated heterocycles. The molecule has 20 heavy (non-hydrogen) atoms. The molecule has 0 atom stereocenters. The van der Waals surface area contributed by atoms with Gasteiger partial charge in [-0.2, -0.15) is 0 Å². The summed E-state index contributed by atoms with van der Waals surface area (Å²) in [6, 6.07) is 9.46. The zero-order valence-electron chi connectivity index (χ0n) is 10.4. The van der Waals surface area contributed by atoms with E-state index in [4.69, 9.17) is 0 Å². The third-order valence-electron chi connectivity index (χ3n) is 2.44. The lowest BCUT2D eigenvalue weighted by atomic mass is 10.2. The molecule has 2 rings (SSSR count). The molecule has 0 aliphatic carbocycles. The van der Waals surface area contributed by atoms with Crippen molar-refractivity contribution in [3.05, 3.63) is 70.5 Å². The van der Waals surface area contributed by atoms with E-state index in [2.05, 4.69) is 10.3 Å². The Bertz CT molecular complexity index is 654. The monoisotopic (exact) mass is 269 g/mol. The summed E-state index contributed by atoms with van der Waals surface area (Å²) in [6.07, 6.45) is 5.96. The van der Waals surface area contributed by atoms with Crippen molar-refractivity contribution in [2.75, 3.05) is 5.32 Å². The Labute approximate surface area is 114 Å². The summed E-state index contributed by atoms with van der Waals surface area (Å²) in [5.74, 6) is -0.329. The number of benzene rings is 1. The number of aromatic nitrogens is 1. The van der Waals surface area contributed by atoms with Crippen molar-refractivity contribution in [3.63, 3.8) is 0 Å². The SMILES string of the molecule is O=C(/C=C\c1cccc([N+](=O)[O-])c1)Nc1cccnc1. The number of carbonyl (C=O) groups excluding carboxylic acids is 1. The van der Waals surface area contributed by atoms with E-state index in [1.807, 2.05) is 0 Å². The second-order valence-electron chi connectivity index (χ2n) is 3.92. The minimum atomic E-state index is -0.479. The predicted octanol–water partition coefficient (Wildman–Crippen LogP) is 2.64. The molecule has 0 unspecified atom stereocenters. The molecule has 0 aliphatic heterocycles. The molecule has 6 heteroatoms. The van der Waals surface area contributed by atoms with Crippen LogP contribution in [0.3, 0.4) is 0 Å². The van der Waals surface area contributed by atoms with Crippen molar-refractivity contribution < 1.29 is 9.72 Å². The highest BCUT2D eigenvalue weighted by Gasteiger charge is 2.04. The van der Waals surface area contributed by atoms with E-state index in [-0.39, 0.29) is 11.6 Å². The molecule has 0 fully saturated rings. The van der Waals surface area contributed by atoms with Gasteiger partial charge in [-0.05, 0) is 23.8 Å². The molecular weight excluding hydrogens is 258 g/mol. The van der Waals surface area contributed by atoms with Crippen LogP contribution in [0.25, 0.3) is 6.08 Å². The van der Waals surface area contributed by atoms with E-state index in [0.717, 1.165) is 0 Å². The molecule has 0 aliphatic rings. The van der Waals surface area contributed by atoms with Crippen molar-refractivity contribution in [2.24, 2.45) is 0 Å². The zero-order chi connectivity index (χ0) is 14.4. The summed E-state index contributed by atoms with van der Waals surface area (Å²) < 4.78 is 0. The van der Waals surface area contributed by atoms with Gasteiger partial charge < -0.3 is 5.32 Å². The quantitative estimate of drug-likeness (QED) is 0.525. The molecule has 100 valence electrons. The molecule has 0 radical (unpaired) electrons. The van der Waals surface area contributed by atoms with E-state index in [0.29, 0.717) is 11.3 Å². The highest BCUT2D eigenvalue weighted by Crippen LogP contribution is 2.14. The van der Waals surface area contributed by atoms with Gasteiger partial charge in [-0.3, -0.25) is 19.9 Å². The van der Waals surface area contributed by atoms with Gasteiger partial charge in [-0.25, -0.2) is 0 Å². The van der Waals surface area contributed by atoms with Crippen LogP contribution in [0.5, 0.6) is 0 Å². The number of anilines is 1. The lowest BCUT2D eigenvalue weighted by molar-refractivity contribution is -0.384. The largest absolute Gasteiger partial charge is 0.321 e. The van der Waals surface area contributed by atoms with Gasteiger partial charge >= 0.3 is 0 Å². The first kappa shape index (κ1) is 13.4. The number of nitro groups is 1. The Morgan fingerprint density at radius 1 is 1.30 bits per heavy atom. The second-order valence-corrected chi connectivity index (χ2v) is 3.92. The van der Waals surface area contributed by atoms with Crippen LogP contribution in [0.15, 0.2) is 54.9 Å². The van der Waals surface area contributed by atoms with Crippen molar-refractivity contribution in [2.45, 2.75) is 0 Å². The Hall–Kier alpha value is -3.02. The molecular formula is C14H11N3O3. The van der Waals surface area contributed by atoms with Crippen LogP contribution >= 0.6 is 0 Å². The van der Waals surface area contributed by atoms with E-state index < -0.39 is 4.92 Å². The molecule has 0 spiro atoms.